The molecule has 0 atom stereocenters. The standard InChI is InChI=1S/C10H10N2O3/c1-7-5-11-9(15-7)6-12-10(13)8-3-2-4-14-8/h2-5H,6H2,1H3,(H,12,13). The van der Waals surface area contributed by atoms with Gasteiger partial charge in [-0.3, -0.25) is 4.79 Å². The summed E-state index contributed by atoms with van der Waals surface area (Å²) in [5.74, 6) is 1.19. The molecule has 0 fully saturated rings. The summed E-state index contributed by atoms with van der Waals surface area (Å²) in [6, 6.07) is 3.25. The summed E-state index contributed by atoms with van der Waals surface area (Å²) < 4.78 is 10.1. The minimum Gasteiger partial charge on any atom is -0.459 e. The highest BCUT2D eigenvalue weighted by Crippen LogP contribution is 2.03. The van der Waals surface area contributed by atoms with Crippen LogP contribution in [-0.4, -0.2) is 10.9 Å². The highest BCUT2D eigenvalue weighted by molar-refractivity contribution is 5.91. The predicted octanol–water partition coefficient (Wildman–Crippen LogP) is 1.51. The van der Waals surface area contributed by atoms with E-state index in [9.17, 15) is 4.79 Å². The molecule has 2 aromatic heterocycles. The zero-order chi connectivity index (χ0) is 10.7. The summed E-state index contributed by atoms with van der Waals surface area (Å²) in [6.45, 7) is 2.05. The largest absolute Gasteiger partial charge is 0.459 e. The van der Waals surface area contributed by atoms with Gasteiger partial charge >= 0.3 is 0 Å². The van der Waals surface area contributed by atoms with Gasteiger partial charge in [-0.1, -0.05) is 0 Å². The van der Waals surface area contributed by atoms with E-state index in [1.165, 1.54) is 6.26 Å². The number of hydrogen-bond donors (Lipinski definition) is 1. The Kier molecular flexibility index (Phi) is 2.53. The van der Waals surface area contributed by atoms with Gasteiger partial charge in [0.15, 0.2) is 5.76 Å². The molecule has 0 aliphatic carbocycles. The van der Waals surface area contributed by atoms with E-state index in [0.29, 0.717) is 5.89 Å². The normalized spacial score (nSPS) is 10.2. The van der Waals surface area contributed by atoms with Crippen LogP contribution in [0.5, 0.6) is 0 Å². The van der Waals surface area contributed by atoms with E-state index in [2.05, 4.69) is 10.3 Å². The van der Waals surface area contributed by atoms with Gasteiger partial charge in [0, 0.05) is 0 Å². The summed E-state index contributed by atoms with van der Waals surface area (Å²) in [5, 5.41) is 2.63. The quantitative estimate of drug-likeness (QED) is 0.826. The molecule has 0 bridgehead atoms. The lowest BCUT2D eigenvalue weighted by Crippen LogP contribution is -2.22. The van der Waals surface area contributed by atoms with E-state index in [1.807, 2.05) is 0 Å². The zero-order valence-corrected chi connectivity index (χ0v) is 8.19. The second-order valence-electron chi connectivity index (χ2n) is 3.02. The van der Waals surface area contributed by atoms with Crippen molar-refractivity contribution in [3.8, 4) is 0 Å². The topological polar surface area (TPSA) is 68.3 Å². The fourth-order valence-corrected chi connectivity index (χ4v) is 1.13. The van der Waals surface area contributed by atoms with Crippen molar-refractivity contribution in [2.45, 2.75) is 13.5 Å². The van der Waals surface area contributed by atoms with Crippen molar-refractivity contribution >= 4 is 5.91 Å². The molecule has 1 N–H and O–H groups in total. The second-order valence-corrected chi connectivity index (χ2v) is 3.02. The lowest BCUT2D eigenvalue weighted by atomic mass is 10.4. The van der Waals surface area contributed by atoms with Gasteiger partial charge in [-0.25, -0.2) is 4.98 Å². The first kappa shape index (κ1) is 9.51. The van der Waals surface area contributed by atoms with Crippen molar-refractivity contribution in [3.05, 3.63) is 42.0 Å². The second kappa shape index (κ2) is 4.00. The van der Waals surface area contributed by atoms with E-state index >= 15 is 0 Å². The van der Waals surface area contributed by atoms with Crippen LogP contribution in [-0.2, 0) is 6.54 Å². The van der Waals surface area contributed by atoms with E-state index in [0.717, 1.165) is 5.76 Å². The number of nitrogens with one attached hydrogen (secondary N) is 1. The molecule has 0 aromatic carbocycles. The number of amides is 1. The van der Waals surface area contributed by atoms with Gasteiger partial charge in [-0.2, -0.15) is 0 Å². The Bertz CT molecular complexity index is 445. The molecule has 0 saturated carbocycles. The first-order valence-electron chi connectivity index (χ1n) is 4.49. The molecule has 0 saturated heterocycles. The van der Waals surface area contributed by atoms with E-state index in [1.54, 1.807) is 25.3 Å². The van der Waals surface area contributed by atoms with Gasteiger partial charge in [-0.05, 0) is 19.1 Å². The molecule has 0 radical (unpaired) electrons. The Morgan fingerprint density at radius 2 is 2.47 bits per heavy atom. The molecule has 2 heterocycles. The van der Waals surface area contributed by atoms with Crippen molar-refractivity contribution in [2.75, 3.05) is 0 Å². The number of aromatic nitrogens is 1. The van der Waals surface area contributed by atoms with Crippen molar-refractivity contribution in [3.63, 3.8) is 0 Å². The number of furan rings is 1. The van der Waals surface area contributed by atoms with Crippen LogP contribution in [0.25, 0.3) is 0 Å². The molecule has 0 spiro atoms. The van der Waals surface area contributed by atoms with E-state index in [-0.39, 0.29) is 18.2 Å². The monoisotopic (exact) mass is 206 g/mol. The maximum Gasteiger partial charge on any atom is 0.287 e. The minimum absolute atomic E-state index is 0.257. The van der Waals surface area contributed by atoms with Crippen molar-refractivity contribution in [1.29, 1.82) is 0 Å². The SMILES string of the molecule is Cc1cnc(CNC(=O)c2ccco2)o1. The number of oxazole rings is 1. The number of carbonyl (C=O) groups excluding carboxylic acids is 1. The van der Waals surface area contributed by atoms with Gasteiger partial charge in [0.2, 0.25) is 5.89 Å². The van der Waals surface area contributed by atoms with E-state index < -0.39 is 0 Å². The Hall–Kier alpha value is -2.04. The summed E-state index contributed by atoms with van der Waals surface area (Å²) >= 11 is 0. The summed E-state index contributed by atoms with van der Waals surface area (Å²) in [7, 11) is 0. The first-order chi connectivity index (χ1) is 7.25. The summed E-state index contributed by atoms with van der Waals surface area (Å²) in [5.41, 5.74) is 0. The van der Waals surface area contributed by atoms with Crippen LogP contribution in [0.3, 0.4) is 0 Å². The van der Waals surface area contributed by atoms with Crippen LogP contribution in [0.1, 0.15) is 22.2 Å². The molecule has 0 unspecified atom stereocenters. The molecule has 1 amide bonds. The maximum atomic E-state index is 11.4. The molecule has 2 rings (SSSR count). The van der Waals surface area contributed by atoms with Crippen LogP contribution >= 0.6 is 0 Å². The Labute approximate surface area is 86.1 Å². The van der Waals surface area contributed by atoms with Crippen LogP contribution in [0, 0.1) is 6.92 Å². The highest BCUT2D eigenvalue weighted by atomic mass is 16.4. The van der Waals surface area contributed by atoms with Gasteiger partial charge < -0.3 is 14.2 Å². The molecule has 5 heteroatoms. The van der Waals surface area contributed by atoms with Crippen molar-refractivity contribution < 1.29 is 13.6 Å². The van der Waals surface area contributed by atoms with Crippen LogP contribution in [0.2, 0.25) is 0 Å². The molecule has 2 aromatic rings. The predicted molar refractivity (Wildman–Crippen MR) is 51.1 cm³/mol. The van der Waals surface area contributed by atoms with Crippen LogP contribution < -0.4 is 5.32 Å². The van der Waals surface area contributed by atoms with Gasteiger partial charge in [0.25, 0.3) is 5.91 Å². The van der Waals surface area contributed by atoms with Crippen molar-refractivity contribution in [1.82, 2.24) is 10.3 Å². The lowest BCUT2D eigenvalue weighted by molar-refractivity contribution is 0.0919. The number of carbonyl (C=O) groups is 1. The van der Waals surface area contributed by atoms with Gasteiger partial charge in [0.1, 0.15) is 5.76 Å². The molecular formula is C10H10N2O3. The third-order valence-electron chi connectivity index (χ3n) is 1.81. The molecule has 78 valence electrons. The minimum atomic E-state index is -0.282. The fourth-order valence-electron chi connectivity index (χ4n) is 1.13. The first-order valence-corrected chi connectivity index (χ1v) is 4.49. The number of nitrogens with zero attached hydrogens (tertiary/aromatic N) is 1. The van der Waals surface area contributed by atoms with Gasteiger partial charge in [-0.15, -0.1) is 0 Å². The zero-order valence-electron chi connectivity index (χ0n) is 8.19. The van der Waals surface area contributed by atoms with E-state index in [4.69, 9.17) is 8.83 Å². The maximum absolute atomic E-state index is 11.4. The summed E-state index contributed by atoms with van der Waals surface area (Å²) in [6.07, 6.45) is 3.05. The Morgan fingerprint density at radius 1 is 1.60 bits per heavy atom. The van der Waals surface area contributed by atoms with Crippen LogP contribution in [0.15, 0.2) is 33.4 Å². The van der Waals surface area contributed by atoms with Gasteiger partial charge in [0.05, 0.1) is 19.0 Å². The highest BCUT2D eigenvalue weighted by Gasteiger charge is 2.09. The number of aryl methyl sites for hydroxylation is 1. The number of rotatable bonds is 3. The third-order valence-corrected chi connectivity index (χ3v) is 1.81. The van der Waals surface area contributed by atoms with Crippen molar-refractivity contribution in [2.24, 2.45) is 0 Å². The number of hydrogen-bond acceptors (Lipinski definition) is 4. The fraction of sp³-hybridized carbons (Fsp3) is 0.200. The lowest BCUT2D eigenvalue weighted by Gasteiger charge is -1.98. The Balaban J connectivity index is 1.91. The molecular weight excluding hydrogens is 196 g/mol. The van der Waals surface area contributed by atoms with Crippen LogP contribution in [0.4, 0.5) is 0 Å². The Morgan fingerprint density at radius 3 is 3.07 bits per heavy atom. The molecule has 0 aliphatic rings. The molecule has 5 nitrogen and oxygen atoms in total. The third kappa shape index (κ3) is 2.25. The average Bonchev–Trinajstić information content (AvgIpc) is 2.84. The summed E-state index contributed by atoms with van der Waals surface area (Å²) in [4.78, 5) is 15.4. The molecule has 15 heavy (non-hydrogen) atoms. The molecule has 0 aliphatic heterocycles. The smallest absolute Gasteiger partial charge is 0.287 e. The average molecular weight is 206 g/mol.